The lowest BCUT2D eigenvalue weighted by molar-refractivity contribution is -0.232. The second-order valence-corrected chi connectivity index (χ2v) is 10.1. The molecule has 37 heavy (non-hydrogen) atoms. The average Bonchev–Trinajstić information content (AvgIpc) is 3.33. The average molecular weight is 515 g/mol. The molecule has 5 atom stereocenters. The van der Waals surface area contributed by atoms with Gasteiger partial charge in [-0.05, 0) is 31.7 Å². The quantitative estimate of drug-likeness (QED) is 0.399. The molecule has 0 N–H and O–H groups in total. The molecule has 0 bridgehead atoms. The van der Waals surface area contributed by atoms with Crippen molar-refractivity contribution in [3.05, 3.63) is 47.2 Å². The van der Waals surface area contributed by atoms with Crippen molar-refractivity contribution in [2.45, 2.75) is 58.3 Å². The number of rotatable bonds is 7. The standard InChI is InChI=1S/C27H34N2O8/c1-7-36-25(32)21-18-17(23(30)28(20(18)15(2)3)14-16-11-9-8-10-12-16)13-27(4)19(24(31)34-5)22(26(33)35-6)37-29(21)27/h8-12,15,17-18,20-21H,7,13-14H2,1-6H3/t17-,18-,20+,21-,27+/m1/s1. The van der Waals surface area contributed by atoms with E-state index in [0.29, 0.717) is 6.54 Å². The summed E-state index contributed by atoms with van der Waals surface area (Å²) in [6.07, 6.45) is 0.145. The zero-order valence-electron chi connectivity index (χ0n) is 22.1. The molecule has 1 aromatic rings. The van der Waals surface area contributed by atoms with Crippen molar-refractivity contribution in [2.24, 2.45) is 17.8 Å². The molecule has 3 aliphatic rings. The van der Waals surface area contributed by atoms with Gasteiger partial charge < -0.3 is 23.9 Å². The van der Waals surface area contributed by atoms with Crippen molar-refractivity contribution in [3.8, 4) is 0 Å². The van der Waals surface area contributed by atoms with Gasteiger partial charge in [-0.15, -0.1) is 5.06 Å². The van der Waals surface area contributed by atoms with Gasteiger partial charge in [0, 0.05) is 24.4 Å². The first kappa shape index (κ1) is 26.7. The maximum absolute atomic E-state index is 14.0. The third kappa shape index (κ3) is 4.27. The normalized spacial score (nSPS) is 29.1. The van der Waals surface area contributed by atoms with Gasteiger partial charge in [-0.25, -0.2) is 9.59 Å². The molecule has 10 heteroatoms. The number of esters is 3. The summed E-state index contributed by atoms with van der Waals surface area (Å²) in [5, 5.41) is 1.36. The van der Waals surface area contributed by atoms with Crippen molar-refractivity contribution in [1.29, 1.82) is 0 Å². The van der Waals surface area contributed by atoms with Gasteiger partial charge in [-0.1, -0.05) is 44.2 Å². The maximum Gasteiger partial charge on any atom is 0.376 e. The second-order valence-electron chi connectivity index (χ2n) is 10.1. The third-order valence-corrected chi connectivity index (χ3v) is 7.66. The van der Waals surface area contributed by atoms with E-state index in [2.05, 4.69) is 0 Å². The Hall–Kier alpha value is -3.40. The van der Waals surface area contributed by atoms with Gasteiger partial charge in [0.25, 0.3) is 0 Å². The first-order valence-electron chi connectivity index (χ1n) is 12.5. The summed E-state index contributed by atoms with van der Waals surface area (Å²) >= 11 is 0. The third-order valence-electron chi connectivity index (χ3n) is 7.66. The minimum absolute atomic E-state index is 0.000313. The topological polar surface area (TPSA) is 112 Å². The SMILES string of the molecule is CCOC(=O)[C@H]1[C@@H]2[C@@H](C[C@@]3(C)C(C(=O)OC)=C(C(=O)OC)ON13)C(=O)N(Cc1ccccc1)[C@H]2C(C)C. The molecule has 3 aliphatic heterocycles. The Morgan fingerprint density at radius 2 is 1.76 bits per heavy atom. The number of ether oxygens (including phenoxy) is 3. The van der Waals surface area contributed by atoms with E-state index in [4.69, 9.17) is 19.0 Å². The molecule has 2 fully saturated rings. The van der Waals surface area contributed by atoms with Crippen LogP contribution in [-0.4, -0.2) is 72.2 Å². The first-order chi connectivity index (χ1) is 17.6. The second kappa shape index (κ2) is 10.2. The van der Waals surface area contributed by atoms with E-state index in [1.807, 2.05) is 49.1 Å². The summed E-state index contributed by atoms with van der Waals surface area (Å²) in [5.41, 5.74) is -0.418. The maximum atomic E-state index is 14.0. The van der Waals surface area contributed by atoms with Crippen LogP contribution in [0.15, 0.2) is 41.7 Å². The summed E-state index contributed by atoms with van der Waals surface area (Å²) in [5.74, 6) is -3.83. The fourth-order valence-electron chi connectivity index (χ4n) is 6.24. The molecule has 10 nitrogen and oxygen atoms in total. The molecule has 1 amide bonds. The van der Waals surface area contributed by atoms with Crippen molar-refractivity contribution < 1.29 is 38.2 Å². The van der Waals surface area contributed by atoms with Crippen LogP contribution in [0.3, 0.4) is 0 Å². The van der Waals surface area contributed by atoms with Crippen LogP contribution in [0.5, 0.6) is 0 Å². The molecule has 0 radical (unpaired) electrons. The van der Waals surface area contributed by atoms with Crippen LogP contribution in [-0.2, 0) is 44.8 Å². The highest BCUT2D eigenvalue weighted by molar-refractivity contribution is 6.02. The van der Waals surface area contributed by atoms with Gasteiger partial charge in [-0.2, -0.15) is 0 Å². The van der Waals surface area contributed by atoms with Crippen LogP contribution in [0.25, 0.3) is 0 Å². The molecule has 1 aromatic carbocycles. The molecule has 2 saturated heterocycles. The molecule has 0 aliphatic carbocycles. The zero-order chi connectivity index (χ0) is 27.1. The number of amides is 1. The van der Waals surface area contributed by atoms with Crippen LogP contribution in [0.1, 0.15) is 39.7 Å². The lowest BCUT2D eigenvalue weighted by atomic mass is 9.68. The summed E-state index contributed by atoms with van der Waals surface area (Å²) in [7, 11) is 2.37. The monoisotopic (exact) mass is 514 g/mol. The Morgan fingerprint density at radius 1 is 1.11 bits per heavy atom. The predicted octanol–water partition coefficient (Wildman–Crippen LogP) is 2.23. The number of carbonyl (C=O) groups is 4. The Bertz CT molecular complexity index is 1120. The van der Waals surface area contributed by atoms with Gasteiger partial charge >= 0.3 is 17.9 Å². The number of carbonyl (C=O) groups excluding carboxylic acids is 4. The van der Waals surface area contributed by atoms with E-state index in [-0.39, 0.29) is 42.2 Å². The number of benzene rings is 1. The number of hydrogen-bond acceptors (Lipinski definition) is 9. The van der Waals surface area contributed by atoms with E-state index in [9.17, 15) is 19.2 Å². The zero-order valence-corrected chi connectivity index (χ0v) is 22.1. The number of hydrogen-bond donors (Lipinski definition) is 0. The van der Waals surface area contributed by atoms with Crippen LogP contribution in [0, 0.1) is 17.8 Å². The summed E-state index contributed by atoms with van der Waals surface area (Å²) in [6.45, 7) is 7.90. The molecular weight excluding hydrogens is 480 g/mol. The Labute approximate surface area is 216 Å². The van der Waals surface area contributed by atoms with Crippen molar-refractivity contribution in [2.75, 3.05) is 20.8 Å². The molecule has 0 aromatic heterocycles. The van der Waals surface area contributed by atoms with E-state index in [0.717, 1.165) is 5.56 Å². The highest BCUT2D eigenvalue weighted by Crippen LogP contribution is 2.54. The van der Waals surface area contributed by atoms with Crippen molar-refractivity contribution in [1.82, 2.24) is 9.96 Å². The highest BCUT2D eigenvalue weighted by atomic mass is 16.7. The van der Waals surface area contributed by atoms with Gasteiger partial charge in [0.15, 0.2) is 0 Å². The Kier molecular flexibility index (Phi) is 7.32. The number of fused-ring (bicyclic) bond motifs is 2. The van der Waals surface area contributed by atoms with Crippen molar-refractivity contribution >= 4 is 23.8 Å². The minimum atomic E-state index is -1.31. The smallest absolute Gasteiger partial charge is 0.376 e. The first-order valence-corrected chi connectivity index (χ1v) is 12.5. The van der Waals surface area contributed by atoms with Gasteiger partial charge in [0.1, 0.15) is 11.6 Å². The summed E-state index contributed by atoms with van der Waals surface area (Å²) in [4.78, 5) is 60.9. The van der Waals surface area contributed by atoms with Crippen molar-refractivity contribution in [3.63, 3.8) is 0 Å². The minimum Gasteiger partial charge on any atom is -0.465 e. The molecule has 0 saturated carbocycles. The lowest BCUT2D eigenvalue weighted by Gasteiger charge is -2.48. The molecule has 0 unspecified atom stereocenters. The molecule has 3 heterocycles. The Balaban J connectivity index is 1.85. The van der Waals surface area contributed by atoms with Crippen LogP contribution in [0.2, 0.25) is 0 Å². The number of likely N-dealkylation sites (tertiary alicyclic amines) is 1. The Morgan fingerprint density at radius 3 is 2.32 bits per heavy atom. The molecular formula is C27H34N2O8. The molecule has 200 valence electrons. The summed E-state index contributed by atoms with van der Waals surface area (Å²) < 4.78 is 15.3. The number of piperidine rings is 1. The van der Waals surface area contributed by atoms with Crippen LogP contribution < -0.4 is 0 Å². The predicted molar refractivity (Wildman–Crippen MR) is 130 cm³/mol. The van der Waals surface area contributed by atoms with E-state index >= 15 is 0 Å². The van der Waals surface area contributed by atoms with Crippen LogP contribution in [0.4, 0.5) is 0 Å². The van der Waals surface area contributed by atoms with Gasteiger partial charge in [-0.3, -0.25) is 9.59 Å². The summed E-state index contributed by atoms with van der Waals surface area (Å²) in [6, 6.07) is 8.30. The molecule has 4 rings (SSSR count). The van der Waals surface area contributed by atoms with E-state index < -0.39 is 41.3 Å². The largest absolute Gasteiger partial charge is 0.465 e. The highest BCUT2D eigenvalue weighted by Gasteiger charge is 2.68. The number of methoxy groups -OCH3 is 2. The number of nitrogens with zero attached hydrogens (tertiary/aromatic N) is 2. The fraction of sp³-hybridized carbons (Fsp3) is 0.556. The number of hydroxylamine groups is 2. The van der Waals surface area contributed by atoms with Crippen LogP contribution >= 0.6 is 0 Å². The van der Waals surface area contributed by atoms with Gasteiger partial charge in [0.05, 0.1) is 26.4 Å². The van der Waals surface area contributed by atoms with E-state index in [1.54, 1.807) is 13.8 Å². The fourth-order valence-corrected chi connectivity index (χ4v) is 6.24. The molecule has 0 spiro atoms. The van der Waals surface area contributed by atoms with E-state index in [1.165, 1.54) is 19.3 Å². The van der Waals surface area contributed by atoms with Gasteiger partial charge in [0.2, 0.25) is 11.7 Å². The lowest BCUT2D eigenvalue weighted by Crippen LogP contribution is -2.63.